The molecule has 4 rings (SSSR count). The molecule has 0 spiro atoms. The van der Waals surface area contributed by atoms with Crippen LogP contribution in [0.4, 0.5) is 5.69 Å². The molecular weight excluding hydrogens is 354 g/mol. The molecule has 0 aliphatic carbocycles. The highest BCUT2D eigenvalue weighted by molar-refractivity contribution is 7.71. The van der Waals surface area contributed by atoms with Crippen molar-refractivity contribution in [1.29, 1.82) is 0 Å². The lowest BCUT2D eigenvalue weighted by molar-refractivity contribution is 0.102. The molecule has 0 bridgehead atoms. The summed E-state index contributed by atoms with van der Waals surface area (Å²) in [5.74, 6) is -0.343. The molecule has 0 atom stereocenters. The number of nitrogens with zero attached hydrogens (tertiary/aromatic N) is 1. The zero-order valence-electron chi connectivity index (χ0n) is 13.5. The molecule has 0 aliphatic heterocycles. The number of fused-ring (bicyclic) bond motifs is 2. The highest BCUT2D eigenvalue weighted by atomic mass is 32.1. The third kappa shape index (κ3) is 2.64. The first-order valence-electron chi connectivity index (χ1n) is 7.69. The Labute approximate surface area is 150 Å². The van der Waals surface area contributed by atoms with E-state index in [0.717, 1.165) is 0 Å². The van der Waals surface area contributed by atoms with Crippen molar-refractivity contribution in [2.24, 2.45) is 7.05 Å². The molecule has 0 radical (unpaired) electrons. The van der Waals surface area contributed by atoms with Crippen LogP contribution in [-0.2, 0) is 7.05 Å². The van der Waals surface area contributed by atoms with Crippen LogP contribution in [0.3, 0.4) is 0 Å². The summed E-state index contributed by atoms with van der Waals surface area (Å²) in [6.45, 7) is 0. The third-order valence-corrected chi connectivity index (χ3v) is 4.51. The van der Waals surface area contributed by atoms with Gasteiger partial charge in [0.05, 0.1) is 21.9 Å². The maximum absolute atomic E-state index is 12.5. The molecule has 0 aliphatic rings. The van der Waals surface area contributed by atoms with Crippen molar-refractivity contribution in [3.8, 4) is 0 Å². The molecule has 130 valence electrons. The lowest BCUT2D eigenvalue weighted by Gasteiger charge is -2.07. The average molecular weight is 367 g/mol. The number of nitrogens with one attached hydrogen (secondary N) is 4. The number of H-pyrrole nitrogens is 3. The highest BCUT2D eigenvalue weighted by Crippen LogP contribution is 2.17. The van der Waals surface area contributed by atoms with Gasteiger partial charge >= 0.3 is 5.69 Å². The zero-order valence-corrected chi connectivity index (χ0v) is 14.4. The van der Waals surface area contributed by atoms with Gasteiger partial charge in [0.1, 0.15) is 0 Å². The van der Waals surface area contributed by atoms with E-state index in [4.69, 9.17) is 12.2 Å². The number of hydrogen-bond donors (Lipinski definition) is 4. The predicted octanol–water partition coefficient (Wildman–Crippen LogP) is 2.02. The van der Waals surface area contributed by atoms with E-state index in [2.05, 4.69) is 20.3 Å². The number of hydrogen-bond acceptors (Lipinski definition) is 4. The van der Waals surface area contributed by atoms with Crippen LogP contribution in [0.15, 0.2) is 46.0 Å². The lowest BCUT2D eigenvalue weighted by Crippen LogP contribution is -2.19. The van der Waals surface area contributed by atoms with Crippen molar-refractivity contribution in [2.75, 3.05) is 5.32 Å². The van der Waals surface area contributed by atoms with Gasteiger partial charge in [0, 0.05) is 18.3 Å². The molecule has 1 amide bonds. The van der Waals surface area contributed by atoms with E-state index < -0.39 is 0 Å². The molecule has 9 heteroatoms. The lowest BCUT2D eigenvalue weighted by atomic mass is 10.1. The number of anilines is 1. The second-order valence-electron chi connectivity index (χ2n) is 5.85. The number of amides is 1. The fourth-order valence-corrected chi connectivity index (χ4v) is 2.95. The molecule has 0 unspecified atom stereocenters. The van der Waals surface area contributed by atoms with Gasteiger partial charge in [-0.25, -0.2) is 4.79 Å². The summed E-state index contributed by atoms with van der Waals surface area (Å²) in [6.07, 6.45) is 0. The van der Waals surface area contributed by atoms with Crippen LogP contribution in [0.1, 0.15) is 10.4 Å². The second-order valence-corrected chi connectivity index (χ2v) is 6.23. The van der Waals surface area contributed by atoms with E-state index in [-0.39, 0.29) is 21.9 Å². The van der Waals surface area contributed by atoms with Crippen LogP contribution in [0.5, 0.6) is 0 Å². The van der Waals surface area contributed by atoms with Crippen molar-refractivity contribution in [1.82, 2.24) is 19.5 Å². The number of rotatable bonds is 2. The number of aromatic nitrogens is 4. The molecule has 2 aromatic carbocycles. The van der Waals surface area contributed by atoms with Crippen LogP contribution < -0.4 is 16.6 Å². The van der Waals surface area contributed by atoms with E-state index in [1.165, 1.54) is 4.57 Å². The van der Waals surface area contributed by atoms with E-state index in [9.17, 15) is 14.4 Å². The van der Waals surface area contributed by atoms with E-state index in [1.807, 2.05) is 0 Å². The summed E-state index contributed by atoms with van der Waals surface area (Å²) >= 11 is 5.10. The highest BCUT2D eigenvalue weighted by Gasteiger charge is 2.10. The van der Waals surface area contributed by atoms with Crippen LogP contribution in [0, 0.1) is 4.77 Å². The summed E-state index contributed by atoms with van der Waals surface area (Å²) in [4.78, 5) is 44.2. The van der Waals surface area contributed by atoms with Crippen LogP contribution in [0.25, 0.3) is 21.9 Å². The van der Waals surface area contributed by atoms with Gasteiger partial charge in [-0.1, -0.05) is 0 Å². The Morgan fingerprint density at radius 1 is 1.00 bits per heavy atom. The van der Waals surface area contributed by atoms with Crippen molar-refractivity contribution in [3.63, 3.8) is 0 Å². The van der Waals surface area contributed by atoms with Gasteiger partial charge in [-0.15, -0.1) is 0 Å². The third-order valence-electron chi connectivity index (χ3n) is 4.14. The first-order chi connectivity index (χ1) is 12.4. The molecule has 0 saturated carbocycles. The summed E-state index contributed by atoms with van der Waals surface area (Å²) in [5.41, 5.74) is 2.12. The van der Waals surface area contributed by atoms with Gasteiger partial charge < -0.3 is 20.3 Å². The van der Waals surface area contributed by atoms with Crippen molar-refractivity contribution >= 4 is 45.7 Å². The standard InChI is InChI=1S/C17H13N5O3S/c1-22-15(24)10-4-2-8(6-12(10)21-17(22)26)14(23)18-9-3-5-11-13(7-9)20-16(25)19-11/h2-7H,1H3,(H,18,23)(H,21,26)(H2,19,20,25). The topological polar surface area (TPSA) is 116 Å². The SMILES string of the molecule is Cn1c(=S)[nH]c2cc(C(=O)Nc3ccc4[nH]c(=O)[nH]c4c3)ccc2c1=O. The van der Waals surface area contributed by atoms with Gasteiger partial charge in [-0.3, -0.25) is 14.2 Å². The van der Waals surface area contributed by atoms with Gasteiger partial charge in [-0.05, 0) is 48.6 Å². The quantitative estimate of drug-likeness (QED) is 0.406. The molecule has 0 fully saturated rings. The molecule has 26 heavy (non-hydrogen) atoms. The molecular formula is C17H13N5O3S. The van der Waals surface area contributed by atoms with Crippen LogP contribution in [0.2, 0.25) is 0 Å². The maximum Gasteiger partial charge on any atom is 0.323 e. The number of imidazole rings is 1. The Bertz CT molecular complexity index is 1360. The van der Waals surface area contributed by atoms with Crippen molar-refractivity contribution in [3.05, 3.63) is 67.6 Å². The Morgan fingerprint density at radius 3 is 2.58 bits per heavy atom. The Kier molecular flexibility index (Phi) is 3.58. The van der Waals surface area contributed by atoms with Gasteiger partial charge in [-0.2, -0.15) is 0 Å². The van der Waals surface area contributed by atoms with E-state index >= 15 is 0 Å². The fraction of sp³-hybridized carbons (Fsp3) is 0.0588. The second kappa shape index (κ2) is 5.81. The molecule has 8 nitrogen and oxygen atoms in total. The Balaban J connectivity index is 1.70. The van der Waals surface area contributed by atoms with E-state index in [0.29, 0.717) is 33.2 Å². The fourth-order valence-electron chi connectivity index (χ4n) is 2.76. The summed E-state index contributed by atoms with van der Waals surface area (Å²) in [6, 6.07) is 9.80. The van der Waals surface area contributed by atoms with Gasteiger partial charge in [0.2, 0.25) is 0 Å². The Morgan fingerprint density at radius 2 is 1.77 bits per heavy atom. The average Bonchev–Trinajstić information content (AvgIpc) is 2.98. The summed E-state index contributed by atoms with van der Waals surface area (Å²) in [7, 11) is 1.59. The minimum Gasteiger partial charge on any atom is -0.332 e. The van der Waals surface area contributed by atoms with Crippen molar-refractivity contribution in [2.45, 2.75) is 0 Å². The monoisotopic (exact) mass is 367 g/mol. The minimum atomic E-state index is -0.343. The number of aromatic amines is 3. The van der Waals surface area contributed by atoms with Crippen LogP contribution in [-0.4, -0.2) is 25.4 Å². The molecule has 0 saturated heterocycles. The largest absolute Gasteiger partial charge is 0.332 e. The van der Waals surface area contributed by atoms with Gasteiger partial charge in [0.15, 0.2) is 4.77 Å². The summed E-state index contributed by atoms with van der Waals surface area (Å²) in [5, 5.41) is 3.21. The Hall–Kier alpha value is -3.46. The number of carbonyl (C=O) groups excluding carboxylic acids is 1. The normalized spacial score (nSPS) is 11.1. The first kappa shape index (κ1) is 16.0. The van der Waals surface area contributed by atoms with E-state index in [1.54, 1.807) is 43.4 Å². The first-order valence-corrected chi connectivity index (χ1v) is 8.10. The molecule has 2 heterocycles. The maximum atomic E-state index is 12.5. The van der Waals surface area contributed by atoms with Crippen molar-refractivity contribution < 1.29 is 4.79 Å². The summed E-state index contributed by atoms with van der Waals surface area (Å²) < 4.78 is 1.62. The molecule has 4 N–H and O–H groups in total. The predicted molar refractivity (Wildman–Crippen MR) is 101 cm³/mol. The molecule has 4 aromatic rings. The number of carbonyl (C=O) groups is 1. The number of benzene rings is 2. The zero-order chi connectivity index (χ0) is 18.4. The minimum absolute atomic E-state index is 0.224. The van der Waals surface area contributed by atoms with Crippen LogP contribution >= 0.6 is 12.2 Å². The van der Waals surface area contributed by atoms with Gasteiger partial charge in [0.25, 0.3) is 11.5 Å². The molecule has 2 aromatic heterocycles. The smallest absolute Gasteiger partial charge is 0.323 e.